The van der Waals surface area contributed by atoms with Gasteiger partial charge in [-0.1, -0.05) is 6.07 Å². The first-order chi connectivity index (χ1) is 14.4. The Labute approximate surface area is 183 Å². The van der Waals surface area contributed by atoms with Gasteiger partial charge in [0, 0.05) is 32.8 Å². The van der Waals surface area contributed by atoms with Crippen LogP contribution in [0, 0.1) is 5.92 Å². The fourth-order valence-electron chi connectivity index (χ4n) is 3.92. The third kappa shape index (κ3) is 8.42. The molecular weight excluding hydrogens is 380 g/mol. The molecule has 0 amide bonds. The van der Waals surface area contributed by atoms with Gasteiger partial charge in [0.25, 0.3) is 0 Å². The van der Waals surface area contributed by atoms with Gasteiger partial charge in [-0.05, 0) is 83.3 Å². The van der Waals surface area contributed by atoms with E-state index >= 15 is 0 Å². The zero-order valence-electron chi connectivity index (χ0n) is 19.6. The Morgan fingerprint density at radius 1 is 1.17 bits per heavy atom. The molecule has 1 aliphatic heterocycles. The van der Waals surface area contributed by atoms with Crippen molar-refractivity contribution in [3.8, 4) is 11.5 Å². The minimum atomic E-state index is -0.539. The molecule has 1 saturated heterocycles. The van der Waals surface area contributed by atoms with Crippen molar-refractivity contribution in [1.29, 1.82) is 0 Å². The molecule has 0 spiro atoms. The summed E-state index contributed by atoms with van der Waals surface area (Å²) in [4.78, 5) is 4.63. The molecule has 30 heavy (non-hydrogen) atoms. The van der Waals surface area contributed by atoms with Crippen molar-refractivity contribution in [2.75, 3.05) is 54.1 Å². The average molecular weight is 423 g/mol. The molecule has 1 aliphatic rings. The average Bonchev–Trinajstić information content (AvgIpc) is 2.73. The van der Waals surface area contributed by atoms with Gasteiger partial charge in [0.2, 0.25) is 0 Å². The van der Waals surface area contributed by atoms with E-state index in [0.717, 1.165) is 32.2 Å². The van der Waals surface area contributed by atoms with Crippen LogP contribution in [0.2, 0.25) is 0 Å². The van der Waals surface area contributed by atoms with Gasteiger partial charge < -0.3 is 24.2 Å². The molecular formula is C24H42N2O4. The molecule has 0 radical (unpaired) electrons. The van der Waals surface area contributed by atoms with Crippen molar-refractivity contribution in [3.63, 3.8) is 0 Å². The molecule has 172 valence electrons. The topological polar surface area (TPSA) is 54.4 Å². The fraction of sp³-hybridized carbons (Fsp3) is 0.750. The summed E-state index contributed by atoms with van der Waals surface area (Å²) in [5, 5.41) is 10.3. The van der Waals surface area contributed by atoms with Gasteiger partial charge in [0.1, 0.15) is 12.7 Å². The maximum atomic E-state index is 10.3. The highest BCUT2D eigenvalue weighted by Crippen LogP contribution is 2.30. The maximum Gasteiger partial charge on any atom is 0.161 e. The number of piperidine rings is 1. The second-order valence-corrected chi connectivity index (χ2v) is 8.84. The zero-order valence-corrected chi connectivity index (χ0v) is 19.6. The van der Waals surface area contributed by atoms with Crippen LogP contribution < -0.4 is 9.47 Å². The van der Waals surface area contributed by atoms with Gasteiger partial charge in [-0.25, -0.2) is 0 Å². The van der Waals surface area contributed by atoms with Crippen LogP contribution in [0.1, 0.15) is 45.1 Å². The minimum absolute atomic E-state index is 0.254. The minimum Gasteiger partial charge on any atom is -0.493 e. The van der Waals surface area contributed by atoms with Gasteiger partial charge >= 0.3 is 0 Å². The molecule has 0 saturated carbocycles. The summed E-state index contributed by atoms with van der Waals surface area (Å²) in [5.74, 6) is 2.24. The normalized spacial score (nSPS) is 16.9. The monoisotopic (exact) mass is 422 g/mol. The van der Waals surface area contributed by atoms with E-state index < -0.39 is 6.10 Å². The third-order valence-corrected chi connectivity index (χ3v) is 6.11. The van der Waals surface area contributed by atoms with E-state index in [0.29, 0.717) is 24.1 Å². The van der Waals surface area contributed by atoms with Gasteiger partial charge in [0.05, 0.1) is 7.11 Å². The number of aliphatic hydroxyl groups excluding tert-OH is 1. The number of rotatable bonds is 13. The number of aliphatic hydroxyl groups is 1. The molecule has 6 heteroatoms. The quantitative estimate of drug-likeness (QED) is 0.492. The molecule has 1 aromatic rings. The summed E-state index contributed by atoms with van der Waals surface area (Å²) in [6.45, 7) is 9.13. The van der Waals surface area contributed by atoms with Gasteiger partial charge in [-0.2, -0.15) is 0 Å². The number of likely N-dealkylation sites (N-methyl/N-ethyl adjacent to an activating group) is 1. The lowest BCUT2D eigenvalue weighted by Gasteiger charge is -2.32. The molecule has 2 rings (SSSR count). The Morgan fingerprint density at radius 2 is 1.90 bits per heavy atom. The van der Waals surface area contributed by atoms with E-state index in [1.54, 1.807) is 14.2 Å². The highest BCUT2D eigenvalue weighted by molar-refractivity contribution is 5.43. The van der Waals surface area contributed by atoms with E-state index in [1.807, 2.05) is 13.1 Å². The van der Waals surface area contributed by atoms with Crippen molar-refractivity contribution in [2.24, 2.45) is 5.92 Å². The molecule has 1 heterocycles. The van der Waals surface area contributed by atoms with Crippen LogP contribution in [-0.2, 0) is 11.3 Å². The molecule has 1 fully saturated rings. The first-order valence-corrected chi connectivity index (χ1v) is 11.3. The molecule has 1 N–H and O–H groups in total. The van der Waals surface area contributed by atoms with E-state index in [9.17, 15) is 5.11 Å². The number of nitrogens with zero attached hydrogens (tertiary/aromatic N) is 2. The molecule has 1 atom stereocenters. The Bertz CT molecular complexity index is 603. The van der Waals surface area contributed by atoms with Crippen LogP contribution in [0.5, 0.6) is 11.5 Å². The van der Waals surface area contributed by atoms with Crippen molar-refractivity contribution in [1.82, 2.24) is 9.80 Å². The van der Waals surface area contributed by atoms with Crippen LogP contribution in [0.3, 0.4) is 0 Å². The summed E-state index contributed by atoms with van der Waals surface area (Å²) in [7, 11) is 5.44. The van der Waals surface area contributed by atoms with Crippen LogP contribution in [0.4, 0.5) is 0 Å². The molecule has 0 bridgehead atoms. The summed E-state index contributed by atoms with van der Waals surface area (Å²) >= 11 is 0. The van der Waals surface area contributed by atoms with Crippen LogP contribution in [0.15, 0.2) is 18.2 Å². The van der Waals surface area contributed by atoms with Crippen LogP contribution in [0.25, 0.3) is 0 Å². The number of ether oxygens (including phenoxy) is 3. The van der Waals surface area contributed by atoms with Crippen LogP contribution >= 0.6 is 0 Å². The summed E-state index contributed by atoms with van der Waals surface area (Å²) in [5.41, 5.74) is 1.22. The number of likely N-dealkylation sites (tertiary alicyclic amines) is 1. The molecule has 1 unspecified atom stereocenters. The van der Waals surface area contributed by atoms with E-state index in [4.69, 9.17) is 14.2 Å². The Balaban J connectivity index is 1.85. The molecule has 0 aliphatic carbocycles. The van der Waals surface area contributed by atoms with Crippen molar-refractivity contribution in [3.05, 3.63) is 23.8 Å². The highest BCUT2D eigenvalue weighted by atomic mass is 16.5. The summed E-state index contributed by atoms with van der Waals surface area (Å²) in [6, 6.07) is 6.53. The lowest BCUT2D eigenvalue weighted by Crippen LogP contribution is -2.37. The molecule has 0 aromatic heterocycles. The maximum absolute atomic E-state index is 10.3. The smallest absolute Gasteiger partial charge is 0.161 e. The Hall–Kier alpha value is -1.34. The summed E-state index contributed by atoms with van der Waals surface area (Å²) in [6.07, 6.45) is 4.43. The predicted octanol–water partition coefficient (Wildman–Crippen LogP) is 3.41. The lowest BCUT2D eigenvalue weighted by atomic mass is 9.92. The van der Waals surface area contributed by atoms with Gasteiger partial charge in [-0.15, -0.1) is 0 Å². The first kappa shape index (κ1) is 24.9. The summed E-state index contributed by atoms with van der Waals surface area (Å²) < 4.78 is 16.6. The van der Waals surface area contributed by atoms with Crippen LogP contribution in [-0.4, -0.2) is 81.2 Å². The van der Waals surface area contributed by atoms with Crippen molar-refractivity contribution >= 4 is 0 Å². The molecule has 1 aromatic carbocycles. The second kappa shape index (κ2) is 13.2. The zero-order chi connectivity index (χ0) is 21.9. The lowest BCUT2D eigenvalue weighted by molar-refractivity contribution is 0.0667. The standard InChI is InChI=1S/C24H42N2O4/c1-19(2)25(3)17-22(27)18-30-24-15-21(8-9-23(24)29-5)16-26-12-10-20(11-13-26)7-6-14-28-4/h8-9,15,19-20,22,27H,6-7,10-14,16-18H2,1-5H3. The van der Waals surface area contributed by atoms with Gasteiger partial charge in [0.15, 0.2) is 11.5 Å². The predicted molar refractivity (Wildman–Crippen MR) is 121 cm³/mol. The fourth-order valence-corrected chi connectivity index (χ4v) is 3.92. The number of methoxy groups -OCH3 is 2. The Kier molecular flexibility index (Phi) is 10.9. The van der Waals surface area contributed by atoms with Gasteiger partial charge in [-0.3, -0.25) is 4.90 Å². The Morgan fingerprint density at radius 3 is 2.53 bits per heavy atom. The second-order valence-electron chi connectivity index (χ2n) is 8.84. The third-order valence-electron chi connectivity index (χ3n) is 6.11. The SMILES string of the molecule is COCCCC1CCN(Cc2ccc(OC)c(OCC(O)CN(C)C(C)C)c2)CC1. The number of benzene rings is 1. The van der Waals surface area contributed by atoms with E-state index in [-0.39, 0.29) is 6.61 Å². The number of hydrogen-bond acceptors (Lipinski definition) is 6. The first-order valence-electron chi connectivity index (χ1n) is 11.3. The molecule has 6 nitrogen and oxygen atoms in total. The van der Waals surface area contributed by atoms with E-state index in [1.165, 1.54) is 31.2 Å². The highest BCUT2D eigenvalue weighted by Gasteiger charge is 2.20. The van der Waals surface area contributed by atoms with Crippen molar-refractivity contribution in [2.45, 2.75) is 58.2 Å². The van der Waals surface area contributed by atoms with Crippen molar-refractivity contribution < 1.29 is 19.3 Å². The van der Waals surface area contributed by atoms with E-state index in [2.05, 4.69) is 35.8 Å². The largest absolute Gasteiger partial charge is 0.493 e. The number of hydrogen-bond donors (Lipinski definition) is 1.